The Morgan fingerprint density at radius 2 is 1.79 bits per heavy atom. The molecule has 0 fully saturated rings. The molecule has 1 aromatic heterocycles. The number of benzene rings is 3. The van der Waals surface area contributed by atoms with Gasteiger partial charge in [0, 0.05) is 22.7 Å². The van der Waals surface area contributed by atoms with Crippen LogP contribution >= 0.6 is 11.6 Å². The average molecular weight is 532 g/mol. The van der Waals surface area contributed by atoms with E-state index in [0.717, 1.165) is 17.3 Å². The largest absolute Gasteiger partial charge is 0.488 e. The topological polar surface area (TPSA) is 113 Å². The van der Waals surface area contributed by atoms with Crippen molar-refractivity contribution in [2.75, 3.05) is 6.54 Å². The van der Waals surface area contributed by atoms with Crippen molar-refractivity contribution in [2.24, 2.45) is 4.99 Å². The number of carbonyl (C=O) groups excluding carboxylic acids is 1. The van der Waals surface area contributed by atoms with Gasteiger partial charge in [0.1, 0.15) is 17.7 Å². The number of carbonyl (C=O) groups is 1. The van der Waals surface area contributed by atoms with E-state index in [2.05, 4.69) is 15.5 Å². The third-order valence-electron chi connectivity index (χ3n) is 6.35. The maximum absolute atomic E-state index is 14.4. The molecule has 0 aliphatic carbocycles. The SMILES string of the molecule is CCNC(=O)C[C@@H]1N=C(c2ccc(Cl)cc2)c2cc(-c3cc(F)cc(B(O)O)c3)ccc2-n2c(C)nnc21. The Labute approximate surface area is 224 Å². The van der Waals surface area contributed by atoms with E-state index in [9.17, 15) is 19.2 Å². The molecule has 2 heterocycles. The van der Waals surface area contributed by atoms with Crippen LogP contribution in [-0.2, 0) is 4.79 Å². The molecule has 11 heteroatoms. The smallest absolute Gasteiger partial charge is 0.423 e. The van der Waals surface area contributed by atoms with Gasteiger partial charge in [-0.2, -0.15) is 0 Å². The molecule has 38 heavy (non-hydrogen) atoms. The van der Waals surface area contributed by atoms with Crippen molar-refractivity contribution < 1.29 is 19.2 Å². The molecule has 1 amide bonds. The van der Waals surface area contributed by atoms with E-state index in [-0.39, 0.29) is 17.8 Å². The van der Waals surface area contributed by atoms with E-state index >= 15 is 0 Å². The van der Waals surface area contributed by atoms with Gasteiger partial charge in [-0.25, -0.2) is 4.39 Å². The molecular formula is C27H24BClFN5O3. The van der Waals surface area contributed by atoms with Crippen LogP contribution in [0.2, 0.25) is 5.02 Å². The summed E-state index contributed by atoms with van der Waals surface area (Å²) in [5.41, 5.74) is 3.99. The Morgan fingerprint density at radius 1 is 1.05 bits per heavy atom. The van der Waals surface area contributed by atoms with Gasteiger partial charge in [0.05, 0.1) is 17.8 Å². The van der Waals surface area contributed by atoms with Gasteiger partial charge in [0.2, 0.25) is 5.91 Å². The summed E-state index contributed by atoms with van der Waals surface area (Å²) in [6, 6.07) is 16.1. The lowest BCUT2D eigenvalue weighted by Crippen LogP contribution is -2.30. The minimum absolute atomic E-state index is 0.0421. The van der Waals surface area contributed by atoms with Gasteiger partial charge in [0.25, 0.3) is 0 Å². The molecule has 5 rings (SSSR count). The summed E-state index contributed by atoms with van der Waals surface area (Å²) in [5.74, 6) is 0.401. The first-order valence-corrected chi connectivity index (χ1v) is 12.5. The second-order valence-corrected chi connectivity index (χ2v) is 9.41. The first kappa shape index (κ1) is 25.8. The zero-order valence-electron chi connectivity index (χ0n) is 20.7. The Balaban J connectivity index is 1.75. The van der Waals surface area contributed by atoms with Crippen molar-refractivity contribution in [1.29, 1.82) is 0 Å². The number of hydrogen-bond acceptors (Lipinski definition) is 6. The molecule has 0 saturated carbocycles. The number of fused-ring (bicyclic) bond motifs is 3. The van der Waals surface area contributed by atoms with Crippen molar-refractivity contribution in [2.45, 2.75) is 26.3 Å². The van der Waals surface area contributed by atoms with Crippen molar-refractivity contribution in [3.63, 3.8) is 0 Å². The van der Waals surface area contributed by atoms with Gasteiger partial charge in [-0.3, -0.25) is 14.4 Å². The number of hydrogen-bond donors (Lipinski definition) is 3. The number of nitrogens with one attached hydrogen (secondary N) is 1. The molecule has 1 atom stereocenters. The second kappa shape index (κ2) is 10.5. The summed E-state index contributed by atoms with van der Waals surface area (Å²) in [7, 11) is -1.81. The Hall–Kier alpha value is -3.86. The van der Waals surface area contributed by atoms with E-state index in [0.29, 0.717) is 45.6 Å². The predicted octanol–water partition coefficient (Wildman–Crippen LogP) is 3.13. The minimum Gasteiger partial charge on any atom is -0.423 e. The van der Waals surface area contributed by atoms with Crippen LogP contribution in [0.1, 0.15) is 42.2 Å². The lowest BCUT2D eigenvalue weighted by atomic mass is 9.79. The third-order valence-corrected chi connectivity index (χ3v) is 6.60. The maximum atomic E-state index is 14.4. The summed E-state index contributed by atoms with van der Waals surface area (Å²) < 4.78 is 16.3. The van der Waals surface area contributed by atoms with Crippen LogP contribution in [0.5, 0.6) is 0 Å². The number of rotatable bonds is 6. The highest BCUT2D eigenvalue weighted by Crippen LogP contribution is 2.35. The fraction of sp³-hybridized carbons (Fsp3) is 0.185. The molecule has 0 spiro atoms. The molecule has 0 saturated heterocycles. The molecule has 8 nitrogen and oxygen atoms in total. The van der Waals surface area contributed by atoms with Gasteiger partial charge in [-0.1, -0.05) is 35.9 Å². The summed E-state index contributed by atoms with van der Waals surface area (Å²) >= 11 is 6.16. The number of aromatic nitrogens is 3. The normalized spacial score (nSPS) is 14.3. The molecule has 192 valence electrons. The van der Waals surface area contributed by atoms with Gasteiger partial charge < -0.3 is 15.4 Å². The first-order valence-electron chi connectivity index (χ1n) is 12.1. The quantitative estimate of drug-likeness (QED) is 0.331. The van der Waals surface area contributed by atoms with Gasteiger partial charge in [-0.15, -0.1) is 10.2 Å². The molecule has 1 aliphatic rings. The Morgan fingerprint density at radius 3 is 2.50 bits per heavy atom. The van der Waals surface area contributed by atoms with Crippen LogP contribution in [0.4, 0.5) is 4.39 Å². The van der Waals surface area contributed by atoms with Crippen LogP contribution in [0.3, 0.4) is 0 Å². The predicted molar refractivity (Wildman–Crippen MR) is 144 cm³/mol. The highest BCUT2D eigenvalue weighted by molar-refractivity contribution is 6.58. The van der Waals surface area contributed by atoms with Gasteiger partial charge in [-0.05, 0) is 66.8 Å². The third kappa shape index (κ3) is 4.98. The fourth-order valence-electron chi connectivity index (χ4n) is 4.62. The Bertz CT molecular complexity index is 1560. The number of halogens is 2. The highest BCUT2D eigenvalue weighted by atomic mass is 35.5. The van der Waals surface area contributed by atoms with Gasteiger partial charge in [0.15, 0.2) is 5.82 Å². The summed E-state index contributed by atoms with van der Waals surface area (Å²) in [4.78, 5) is 17.7. The molecule has 1 aliphatic heterocycles. The zero-order chi connectivity index (χ0) is 27.0. The lowest BCUT2D eigenvalue weighted by molar-refractivity contribution is -0.121. The number of amides is 1. The molecule has 4 aromatic rings. The van der Waals surface area contributed by atoms with Crippen LogP contribution in [0.25, 0.3) is 16.8 Å². The fourth-order valence-corrected chi connectivity index (χ4v) is 4.75. The van der Waals surface area contributed by atoms with Crippen LogP contribution in [0.15, 0.2) is 65.7 Å². The monoisotopic (exact) mass is 531 g/mol. The number of aliphatic imine (C=N–C) groups is 1. The zero-order valence-corrected chi connectivity index (χ0v) is 21.4. The van der Waals surface area contributed by atoms with Crippen LogP contribution in [0, 0.1) is 12.7 Å². The maximum Gasteiger partial charge on any atom is 0.488 e. The van der Waals surface area contributed by atoms with Crippen molar-refractivity contribution in [1.82, 2.24) is 20.1 Å². The van der Waals surface area contributed by atoms with Crippen molar-refractivity contribution in [3.8, 4) is 16.8 Å². The molecule has 0 bridgehead atoms. The van der Waals surface area contributed by atoms with Crippen molar-refractivity contribution >= 4 is 35.8 Å². The number of aryl methyl sites for hydroxylation is 1. The molecule has 0 radical (unpaired) electrons. The van der Waals surface area contributed by atoms with E-state index < -0.39 is 19.0 Å². The summed E-state index contributed by atoms with van der Waals surface area (Å²) in [6.45, 7) is 4.17. The minimum atomic E-state index is -1.81. The van der Waals surface area contributed by atoms with Crippen molar-refractivity contribution in [3.05, 3.63) is 94.3 Å². The summed E-state index contributed by atoms with van der Waals surface area (Å²) in [6.07, 6.45) is 0.0750. The molecule has 3 aromatic carbocycles. The van der Waals surface area contributed by atoms with Crippen LogP contribution in [-0.4, -0.2) is 50.1 Å². The molecule has 0 unspecified atom stereocenters. The van der Waals surface area contributed by atoms with E-state index in [1.165, 1.54) is 12.1 Å². The summed E-state index contributed by atoms with van der Waals surface area (Å²) in [5, 5.41) is 31.3. The second-order valence-electron chi connectivity index (χ2n) is 8.98. The average Bonchev–Trinajstić information content (AvgIpc) is 3.21. The lowest BCUT2D eigenvalue weighted by Gasteiger charge is -2.15. The van der Waals surface area contributed by atoms with Crippen LogP contribution < -0.4 is 10.8 Å². The van der Waals surface area contributed by atoms with E-state index in [4.69, 9.17) is 16.6 Å². The van der Waals surface area contributed by atoms with E-state index in [1.54, 1.807) is 12.1 Å². The Kier molecular flexibility index (Phi) is 7.12. The first-order chi connectivity index (χ1) is 18.2. The highest BCUT2D eigenvalue weighted by Gasteiger charge is 2.30. The molecular weight excluding hydrogens is 508 g/mol. The molecule has 3 N–H and O–H groups in total. The van der Waals surface area contributed by atoms with E-state index in [1.807, 2.05) is 48.7 Å². The van der Waals surface area contributed by atoms with Gasteiger partial charge >= 0.3 is 7.12 Å². The number of nitrogens with zero attached hydrogens (tertiary/aromatic N) is 4. The standard InChI is InChI=1S/C27H24BClFN5O3/c1-3-31-25(36)14-23-27-34-33-15(2)35(27)24-9-6-17(18-10-19(28(37)38)13-21(30)11-18)12-22(24)26(32-23)16-4-7-20(29)8-5-16/h4-13,23,37-38H,3,14H2,1-2H3,(H,31,36)/t23-/m0/s1.